The number of hydrogen-bond acceptors (Lipinski definition) is 4. The Labute approximate surface area is 155 Å². The maximum absolute atomic E-state index is 13.4. The molecule has 0 spiro atoms. The molecule has 1 fully saturated rings. The standard InChI is InChI=1S/C20H29NO5/c1-5-20(6-2,15-7-8-16(25-3)17(13-15)26-4)19(24)21-11-9-14(10-12-21)18(22)23/h7-8,13-14H,5-6,9-12H2,1-4H3,(H,22,23). The zero-order valence-corrected chi connectivity index (χ0v) is 16.1. The predicted molar refractivity (Wildman–Crippen MR) is 98.7 cm³/mol. The fourth-order valence-corrected chi connectivity index (χ4v) is 3.85. The van der Waals surface area contributed by atoms with Crippen molar-refractivity contribution in [3.8, 4) is 11.5 Å². The lowest BCUT2D eigenvalue weighted by molar-refractivity contribution is -0.147. The van der Waals surface area contributed by atoms with Gasteiger partial charge in [-0.25, -0.2) is 0 Å². The molecule has 0 saturated carbocycles. The van der Waals surface area contributed by atoms with E-state index in [1.54, 1.807) is 14.2 Å². The number of likely N-dealkylation sites (tertiary alicyclic amines) is 1. The van der Waals surface area contributed by atoms with Gasteiger partial charge in [0.1, 0.15) is 0 Å². The van der Waals surface area contributed by atoms with Gasteiger partial charge in [0.2, 0.25) is 5.91 Å². The minimum atomic E-state index is -0.769. The first-order valence-corrected chi connectivity index (χ1v) is 9.18. The maximum Gasteiger partial charge on any atom is 0.306 e. The van der Waals surface area contributed by atoms with Crippen LogP contribution in [0.5, 0.6) is 11.5 Å². The minimum Gasteiger partial charge on any atom is -0.493 e. The average Bonchev–Trinajstić information content (AvgIpc) is 2.69. The van der Waals surface area contributed by atoms with Gasteiger partial charge in [-0.2, -0.15) is 0 Å². The van der Waals surface area contributed by atoms with Crippen LogP contribution in [0, 0.1) is 5.92 Å². The highest BCUT2D eigenvalue weighted by molar-refractivity contribution is 5.88. The molecule has 1 heterocycles. The van der Waals surface area contributed by atoms with Crippen molar-refractivity contribution in [2.75, 3.05) is 27.3 Å². The Morgan fingerprint density at radius 3 is 2.15 bits per heavy atom. The van der Waals surface area contributed by atoms with Crippen LogP contribution in [0.15, 0.2) is 18.2 Å². The van der Waals surface area contributed by atoms with Gasteiger partial charge in [0.05, 0.1) is 25.6 Å². The normalized spacial score (nSPS) is 15.6. The molecule has 1 amide bonds. The number of rotatable bonds is 7. The van der Waals surface area contributed by atoms with Crippen molar-refractivity contribution in [1.82, 2.24) is 4.90 Å². The van der Waals surface area contributed by atoms with Gasteiger partial charge in [0.15, 0.2) is 11.5 Å². The number of amides is 1. The van der Waals surface area contributed by atoms with Crippen LogP contribution >= 0.6 is 0 Å². The van der Waals surface area contributed by atoms with Crippen LogP contribution in [-0.2, 0) is 15.0 Å². The van der Waals surface area contributed by atoms with Crippen molar-refractivity contribution in [2.45, 2.75) is 44.9 Å². The lowest BCUT2D eigenvalue weighted by atomic mass is 9.74. The number of carboxylic acid groups (broad SMARTS) is 1. The molecule has 6 nitrogen and oxygen atoms in total. The second-order valence-electron chi connectivity index (χ2n) is 6.76. The maximum atomic E-state index is 13.4. The summed E-state index contributed by atoms with van der Waals surface area (Å²) in [6, 6.07) is 5.64. The Bertz CT molecular complexity index is 646. The third-order valence-corrected chi connectivity index (χ3v) is 5.68. The van der Waals surface area contributed by atoms with Crippen molar-refractivity contribution < 1.29 is 24.2 Å². The Hall–Kier alpha value is -2.24. The van der Waals surface area contributed by atoms with Crippen LogP contribution in [0.4, 0.5) is 0 Å². The van der Waals surface area contributed by atoms with Gasteiger partial charge in [-0.05, 0) is 43.4 Å². The number of ether oxygens (including phenoxy) is 2. The number of nitrogens with zero attached hydrogens (tertiary/aromatic N) is 1. The number of carbonyl (C=O) groups is 2. The van der Waals surface area contributed by atoms with Crippen molar-refractivity contribution in [1.29, 1.82) is 0 Å². The molecule has 0 aromatic heterocycles. The molecule has 1 aliphatic rings. The second-order valence-corrected chi connectivity index (χ2v) is 6.76. The Morgan fingerprint density at radius 2 is 1.69 bits per heavy atom. The van der Waals surface area contributed by atoms with Gasteiger partial charge in [-0.1, -0.05) is 19.9 Å². The van der Waals surface area contributed by atoms with E-state index in [1.165, 1.54) is 0 Å². The molecule has 0 aliphatic carbocycles. The molecule has 1 aliphatic heterocycles. The lowest BCUT2D eigenvalue weighted by Gasteiger charge is -2.39. The number of piperidine rings is 1. The molecule has 1 aromatic rings. The summed E-state index contributed by atoms with van der Waals surface area (Å²) in [6.07, 6.45) is 2.35. The van der Waals surface area contributed by atoms with Gasteiger partial charge >= 0.3 is 5.97 Å². The number of benzene rings is 1. The first-order valence-electron chi connectivity index (χ1n) is 9.18. The zero-order valence-electron chi connectivity index (χ0n) is 16.1. The summed E-state index contributed by atoms with van der Waals surface area (Å²) in [6.45, 7) is 5.01. The van der Waals surface area contributed by atoms with Crippen molar-refractivity contribution in [3.63, 3.8) is 0 Å². The second kappa shape index (κ2) is 8.43. The Balaban J connectivity index is 2.32. The summed E-state index contributed by atoms with van der Waals surface area (Å²) in [5.41, 5.74) is 0.265. The van der Waals surface area contributed by atoms with Crippen LogP contribution < -0.4 is 9.47 Å². The summed E-state index contributed by atoms with van der Waals surface area (Å²) >= 11 is 0. The molecule has 1 saturated heterocycles. The molecule has 144 valence electrons. The predicted octanol–water partition coefficient (Wildman–Crippen LogP) is 3.08. The van der Waals surface area contributed by atoms with Crippen LogP contribution in [0.25, 0.3) is 0 Å². The van der Waals surface area contributed by atoms with Gasteiger partial charge in [0, 0.05) is 13.1 Å². The smallest absolute Gasteiger partial charge is 0.306 e. The van der Waals surface area contributed by atoms with E-state index < -0.39 is 11.4 Å². The minimum absolute atomic E-state index is 0.0681. The van der Waals surface area contributed by atoms with E-state index in [4.69, 9.17) is 9.47 Å². The fourth-order valence-electron chi connectivity index (χ4n) is 3.85. The van der Waals surface area contributed by atoms with Gasteiger partial charge in [-0.3, -0.25) is 9.59 Å². The number of hydrogen-bond donors (Lipinski definition) is 1. The van der Waals surface area contributed by atoms with Crippen molar-refractivity contribution >= 4 is 11.9 Å². The summed E-state index contributed by atoms with van der Waals surface area (Å²) in [5, 5.41) is 9.17. The monoisotopic (exact) mass is 363 g/mol. The van der Waals surface area contributed by atoms with E-state index in [0.717, 1.165) is 5.56 Å². The molecule has 0 unspecified atom stereocenters. The highest BCUT2D eigenvalue weighted by atomic mass is 16.5. The summed E-state index contributed by atoms with van der Waals surface area (Å²) < 4.78 is 10.7. The highest BCUT2D eigenvalue weighted by Crippen LogP contribution is 2.39. The Morgan fingerprint density at radius 1 is 1.12 bits per heavy atom. The molecule has 6 heteroatoms. The van der Waals surface area contributed by atoms with Crippen LogP contribution in [-0.4, -0.2) is 49.2 Å². The molecule has 1 N–H and O–H groups in total. The molecule has 1 aromatic carbocycles. The average molecular weight is 363 g/mol. The molecule has 2 rings (SSSR count). The zero-order chi connectivity index (χ0) is 19.3. The molecular formula is C20H29NO5. The van der Waals surface area contributed by atoms with Gasteiger partial charge in [-0.15, -0.1) is 0 Å². The van der Waals surface area contributed by atoms with Crippen molar-refractivity contribution in [2.24, 2.45) is 5.92 Å². The highest BCUT2D eigenvalue weighted by Gasteiger charge is 2.41. The number of carboxylic acids is 1. The third-order valence-electron chi connectivity index (χ3n) is 5.68. The van der Waals surface area contributed by atoms with Crippen molar-refractivity contribution in [3.05, 3.63) is 23.8 Å². The van der Waals surface area contributed by atoms with Crippen LogP contribution in [0.3, 0.4) is 0 Å². The summed E-state index contributed by atoms with van der Waals surface area (Å²) in [5.74, 6) is 0.186. The van der Waals surface area contributed by atoms with E-state index in [-0.39, 0.29) is 11.8 Å². The number of aliphatic carboxylic acids is 1. The van der Waals surface area contributed by atoms with Gasteiger partial charge < -0.3 is 19.5 Å². The SMILES string of the molecule is CCC(CC)(C(=O)N1CCC(C(=O)O)CC1)c1ccc(OC)c(OC)c1. The largest absolute Gasteiger partial charge is 0.493 e. The van der Waals surface area contributed by atoms with E-state index in [2.05, 4.69) is 0 Å². The topological polar surface area (TPSA) is 76.1 Å². The summed E-state index contributed by atoms with van der Waals surface area (Å²) in [4.78, 5) is 26.4. The Kier molecular flexibility index (Phi) is 6.51. The molecular weight excluding hydrogens is 334 g/mol. The van der Waals surface area contributed by atoms with Crippen LogP contribution in [0.1, 0.15) is 45.1 Å². The lowest BCUT2D eigenvalue weighted by Crippen LogP contribution is -2.50. The molecule has 0 atom stereocenters. The van der Waals surface area contributed by atoms with E-state index >= 15 is 0 Å². The third kappa shape index (κ3) is 3.64. The summed E-state index contributed by atoms with van der Waals surface area (Å²) in [7, 11) is 3.17. The number of methoxy groups -OCH3 is 2. The quantitative estimate of drug-likeness (QED) is 0.806. The van der Waals surface area contributed by atoms with E-state index in [1.807, 2.05) is 36.9 Å². The van der Waals surface area contributed by atoms with Gasteiger partial charge in [0.25, 0.3) is 0 Å². The number of carbonyl (C=O) groups excluding carboxylic acids is 1. The van der Waals surface area contributed by atoms with E-state index in [0.29, 0.717) is 50.3 Å². The molecule has 0 bridgehead atoms. The first-order chi connectivity index (χ1) is 12.4. The molecule has 26 heavy (non-hydrogen) atoms. The first kappa shape index (κ1) is 20.1. The van der Waals surface area contributed by atoms with E-state index in [9.17, 15) is 14.7 Å². The molecule has 0 radical (unpaired) electrons. The van der Waals surface area contributed by atoms with Crippen LogP contribution in [0.2, 0.25) is 0 Å². The fraction of sp³-hybridized carbons (Fsp3) is 0.600.